The Morgan fingerprint density at radius 3 is 2.09 bits per heavy atom. The monoisotopic (exact) mass is 484 g/mol. The van der Waals surface area contributed by atoms with Gasteiger partial charge in [-0.1, -0.05) is 35.3 Å². The molecule has 0 radical (unpaired) electrons. The van der Waals surface area contributed by atoms with E-state index in [1.165, 1.54) is 48.5 Å². The van der Waals surface area contributed by atoms with Crippen molar-refractivity contribution in [2.75, 3.05) is 0 Å². The van der Waals surface area contributed by atoms with Crippen molar-refractivity contribution in [3.63, 3.8) is 0 Å². The highest BCUT2D eigenvalue weighted by molar-refractivity contribution is 7.96. The highest BCUT2D eigenvalue weighted by atomic mass is 35.5. The van der Waals surface area contributed by atoms with Gasteiger partial charge in [-0.15, -0.1) is 0 Å². The molecule has 8 heteroatoms. The number of carbonyl (C=O) groups excluding carboxylic acids is 1. The minimum Gasteiger partial charge on any atom is -0.463 e. The second kappa shape index (κ2) is 8.74. The predicted octanol–water partition coefficient (Wildman–Crippen LogP) is 5.80. The molecule has 0 atom stereocenters. The quantitative estimate of drug-likeness (QED) is 0.264. The molecule has 0 aliphatic carbocycles. The van der Waals surface area contributed by atoms with E-state index in [1.807, 2.05) is 0 Å². The Kier molecular flexibility index (Phi) is 6.02. The van der Waals surface area contributed by atoms with E-state index in [1.54, 1.807) is 24.3 Å². The number of hydrogen-bond donors (Lipinski definition) is 0. The lowest BCUT2D eigenvalue weighted by Gasteiger charge is -2.10. The van der Waals surface area contributed by atoms with E-state index in [2.05, 4.69) is 0 Å². The third-order valence-electron chi connectivity index (χ3n) is 4.74. The van der Waals surface area contributed by atoms with Crippen LogP contribution in [0.5, 0.6) is 0 Å². The summed E-state index contributed by atoms with van der Waals surface area (Å²) < 4.78 is 32.3. The SMILES string of the molecule is O=C(/C(=C\c1coc2ccccc2c1=O)S(=O)(=O)c1ccc(Cl)cc1)c1ccc(Cl)cc1. The van der Waals surface area contributed by atoms with Crippen LogP contribution in [-0.4, -0.2) is 14.2 Å². The fourth-order valence-electron chi connectivity index (χ4n) is 3.08. The lowest BCUT2D eigenvalue weighted by Crippen LogP contribution is -2.16. The van der Waals surface area contributed by atoms with Gasteiger partial charge in [-0.2, -0.15) is 0 Å². The minimum atomic E-state index is -4.30. The number of benzene rings is 3. The van der Waals surface area contributed by atoms with E-state index in [-0.39, 0.29) is 21.4 Å². The van der Waals surface area contributed by atoms with Crippen molar-refractivity contribution < 1.29 is 17.6 Å². The molecule has 0 fully saturated rings. The number of sulfone groups is 1. The van der Waals surface area contributed by atoms with Crippen molar-refractivity contribution in [1.29, 1.82) is 0 Å². The van der Waals surface area contributed by atoms with E-state index in [4.69, 9.17) is 27.6 Å². The Morgan fingerprint density at radius 2 is 1.44 bits per heavy atom. The molecular formula is C24H14Cl2O5S. The molecule has 5 nitrogen and oxygen atoms in total. The molecule has 32 heavy (non-hydrogen) atoms. The van der Waals surface area contributed by atoms with Gasteiger partial charge < -0.3 is 4.42 Å². The first kappa shape index (κ1) is 22.0. The normalized spacial score (nSPS) is 12.1. The summed E-state index contributed by atoms with van der Waals surface area (Å²) in [7, 11) is -4.30. The molecule has 0 aliphatic rings. The third kappa shape index (κ3) is 4.25. The Bertz CT molecular complexity index is 1520. The first-order valence-electron chi connectivity index (χ1n) is 9.30. The molecule has 3 aromatic carbocycles. The molecule has 0 saturated heterocycles. The molecule has 0 aliphatic heterocycles. The first-order chi connectivity index (χ1) is 15.3. The van der Waals surface area contributed by atoms with Crippen LogP contribution in [0.4, 0.5) is 0 Å². The van der Waals surface area contributed by atoms with Gasteiger partial charge in [-0.25, -0.2) is 8.42 Å². The molecule has 1 heterocycles. The van der Waals surface area contributed by atoms with Crippen LogP contribution in [0.2, 0.25) is 10.0 Å². The van der Waals surface area contributed by atoms with E-state index >= 15 is 0 Å². The zero-order valence-corrected chi connectivity index (χ0v) is 18.6. The minimum absolute atomic E-state index is 0.0708. The molecule has 0 unspecified atom stereocenters. The van der Waals surface area contributed by atoms with Crippen LogP contribution in [0.1, 0.15) is 15.9 Å². The number of halogens is 2. The fraction of sp³-hybridized carbons (Fsp3) is 0. The zero-order valence-electron chi connectivity index (χ0n) is 16.3. The first-order valence-corrected chi connectivity index (χ1v) is 11.5. The molecule has 0 bridgehead atoms. The van der Waals surface area contributed by atoms with Crippen molar-refractivity contribution in [2.45, 2.75) is 4.90 Å². The number of ketones is 1. The number of hydrogen-bond acceptors (Lipinski definition) is 5. The number of rotatable bonds is 5. The van der Waals surface area contributed by atoms with Crippen LogP contribution < -0.4 is 5.43 Å². The summed E-state index contributed by atoms with van der Waals surface area (Å²) in [5.41, 5.74) is -0.0812. The molecular weight excluding hydrogens is 471 g/mol. The lowest BCUT2D eigenvalue weighted by molar-refractivity contribution is 0.104. The summed E-state index contributed by atoms with van der Waals surface area (Å²) in [6.07, 6.45) is 2.18. The Morgan fingerprint density at radius 1 is 0.844 bits per heavy atom. The maximum absolute atomic E-state index is 13.4. The molecule has 4 aromatic rings. The fourth-order valence-corrected chi connectivity index (χ4v) is 4.73. The molecule has 160 valence electrons. The van der Waals surface area contributed by atoms with Crippen LogP contribution >= 0.6 is 23.2 Å². The van der Waals surface area contributed by atoms with Gasteiger partial charge in [0.25, 0.3) is 0 Å². The second-order valence-corrected chi connectivity index (χ2v) is 9.61. The van der Waals surface area contributed by atoms with Gasteiger partial charge in [0, 0.05) is 15.6 Å². The molecule has 4 rings (SSSR count). The second-order valence-electron chi connectivity index (χ2n) is 6.82. The summed E-state index contributed by atoms with van der Waals surface area (Å²) in [5, 5.41) is 1.000. The van der Waals surface area contributed by atoms with Gasteiger partial charge in [0.05, 0.1) is 15.8 Å². The van der Waals surface area contributed by atoms with Crippen molar-refractivity contribution in [3.8, 4) is 0 Å². The topological polar surface area (TPSA) is 81.4 Å². The number of carbonyl (C=O) groups is 1. The van der Waals surface area contributed by atoms with Gasteiger partial charge >= 0.3 is 0 Å². The van der Waals surface area contributed by atoms with Gasteiger partial charge in [-0.05, 0) is 66.7 Å². The smallest absolute Gasteiger partial charge is 0.210 e. The summed E-state index contributed by atoms with van der Waals surface area (Å²) >= 11 is 11.8. The average Bonchev–Trinajstić information content (AvgIpc) is 2.79. The Labute approximate surface area is 193 Å². The number of para-hydroxylation sites is 1. The summed E-state index contributed by atoms with van der Waals surface area (Å²) in [4.78, 5) is 25.5. The maximum atomic E-state index is 13.4. The molecule has 0 amide bonds. The van der Waals surface area contributed by atoms with Crippen LogP contribution in [0, 0.1) is 0 Å². The number of Topliss-reactive ketones (excluding diaryl/α,β-unsaturated/α-hetero) is 1. The van der Waals surface area contributed by atoms with E-state index in [9.17, 15) is 18.0 Å². The molecule has 0 saturated carbocycles. The summed E-state index contributed by atoms with van der Waals surface area (Å²) in [6, 6.07) is 17.7. The van der Waals surface area contributed by atoms with E-state index in [0.717, 1.165) is 12.3 Å². The van der Waals surface area contributed by atoms with Gasteiger partial charge in [0.2, 0.25) is 15.6 Å². The Hall–Kier alpha value is -3.19. The number of fused-ring (bicyclic) bond motifs is 1. The largest absolute Gasteiger partial charge is 0.463 e. The zero-order chi connectivity index (χ0) is 22.9. The predicted molar refractivity (Wildman–Crippen MR) is 125 cm³/mol. The number of allylic oxidation sites excluding steroid dienone is 1. The molecule has 0 spiro atoms. The van der Waals surface area contributed by atoms with Crippen LogP contribution in [-0.2, 0) is 9.84 Å². The lowest BCUT2D eigenvalue weighted by atomic mass is 10.1. The van der Waals surface area contributed by atoms with Gasteiger partial charge in [0.15, 0.2) is 5.43 Å². The summed E-state index contributed by atoms with van der Waals surface area (Å²) in [5.74, 6) is -0.788. The van der Waals surface area contributed by atoms with Gasteiger partial charge in [-0.3, -0.25) is 9.59 Å². The standard InChI is InChI=1S/C24H14Cl2O5S/c25-17-7-5-15(6-8-17)24(28)22(32(29,30)19-11-9-18(26)10-12-19)13-16-14-31-21-4-2-1-3-20(21)23(16)27/h1-14H/b22-13+. The van der Waals surface area contributed by atoms with Crippen LogP contribution in [0.3, 0.4) is 0 Å². The van der Waals surface area contributed by atoms with Crippen molar-refractivity contribution in [2.24, 2.45) is 0 Å². The average molecular weight is 485 g/mol. The van der Waals surface area contributed by atoms with Crippen LogP contribution in [0.25, 0.3) is 17.0 Å². The third-order valence-corrected chi connectivity index (χ3v) is 7.02. The summed E-state index contributed by atoms with van der Waals surface area (Å²) in [6.45, 7) is 0. The molecule has 1 aromatic heterocycles. The van der Waals surface area contributed by atoms with Gasteiger partial charge in [0.1, 0.15) is 16.8 Å². The van der Waals surface area contributed by atoms with E-state index in [0.29, 0.717) is 15.6 Å². The van der Waals surface area contributed by atoms with Crippen molar-refractivity contribution >= 4 is 55.9 Å². The van der Waals surface area contributed by atoms with Crippen LogP contribution in [0.15, 0.2) is 98.1 Å². The van der Waals surface area contributed by atoms with Crippen molar-refractivity contribution in [3.05, 3.63) is 115 Å². The van der Waals surface area contributed by atoms with E-state index < -0.39 is 26.0 Å². The molecule has 0 N–H and O–H groups in total. The Balaban J connectivity index is 1.94. The highest BCUT2D eigenvalue weighted by Gasteiger charge is 2.28. The highest BCUT2D eigenvalue weighted by Crippen LogP contribution is 2.27. The maximum Gasteiger partial charge on any atom is 0.210 e. The van der Waals surface area contributed by atoms with Crippen molar-refractivity contribution in [1.82, 2.24) is 0 Å².